The van der Waals surface area contributed by atoms with Gasteiger partial charge < -0.3 is 15.0 Å². The second kappa shape index (κ2) is 9.20. The predicted molar refractivity (Wildman–Crippen MR) is 107 cm³/mol. The van der Waals surface area contributed by atoms with E-state index < -0.39 is 0 Å². The molecule has 2 aromatic carbocycles. The maximum atomic E-state index is 9.07. The normalized spacial score (nSPS) is 17.4. The zero-order chi connectivity index (χ0) is 19.1. The van der Waals surface area contributed by atoms with E-state index in [9.17, 15) is 0 Å². The van der Waals surface area contributed by atoms with Crippen LogP contribution in [0.2, 0.25) is 0 Å². The van der Waals surface area contributed by atoms with E-state index in [0.29, 0.717) is 18.7 Å². The summed E-state index contributed by atoms with van der Waals surface area (Å²) >= 11 is 0. The van der Waals surface area contributed by atoms with Gasteiger partial charge in [-0.3, -0.25) is 0 Å². The van der Waals surface area contributed by atoms with E-state index >= 15 is 0 Å². The largest absolute Gasteiger partial charge is 0.370 e. The van der Waals surface area contributed by atoms with Gasteiger partial charge in [-0.15, -0.1) is 0 Å². The maximum Gasteiger partial charge on any atom is 0.194 e. The molecule has 1 fully saturated rings. The van der Waals surface area contributed by atoms with Crippen molar-refractivity contribution in [2.45, 2.75) is 26.5 Å². The summed E-state index contributed by atoms with van der Waals surface area (Å²) in [4.78, 5) is 7.06. The van der Waals surface area contributed by atoms with Gasteiger partial charge in [-0.05, 0) is 42.7 Å². The molecule has 1 saturated heterocycles. The number of benzene rings is 2. The predicted octanol–water partition coefficient (Wildman–Crippen LogP) is 3.41. The van der Waals surface area contributed by atoms with Crippen LogP contribution >= 0.6 is 0 Å². The Morgan fingerprint density at radius 2 is 2.15 bits per heavy atom. The van der Waals surface area contributed by atoms with Crippen molar-refractivity contribution in [1.29, 1.82) is 5.26 Å². The Morgan fingerprint density at radius 3 is 2.93 bits per heavy atom. The van der Waals surface area contributed by atoms with Crippen LogP contribution < -0.4 is 5.32 Å². The number of rotatable bonds is 4. The lowest BCUT2D eigenvalue weighted by Crippen LogP contribution is -2.48. The van der Waals surface area contributed by atoms with Crippen LogP contribution in [-0.2, 0) is 11.3 Å². The van der Waals surface area contributed by atoms with Gasteiger partial charge in [-0.25, -0.2) is 4.99 Å². The lowest BCUT2D eigenvalue weighted by Gasteiger charge is -2.35. The van der Waals surface area contributed by atoms with E-state index in [4.69, 9.17) is 15.0 Å². The highest BCUT2D eigenvalue weighted by Gasteiger charge is 2.25. The molecule has 0 radical (unpaired) electrons. The number of nitrogens with zero attached hydrogens (tertiary/aromatic N) is 3. The summed E-state index contributed by atoms with van der Waals surface area (Å²) in [7, 11) is 0. The standard InChI is InChI=1S/C22H26N4O/c1-3-24-22(25-15-19-9-6-8-18(13-19)14-23)26-11-12-27-21(16-26)20-10-5-4-7-17(20)2/h4-10,13,21H,3,11-12,15-16H2,1-2H3,(H,24,25). The van der Waals surface area contributed by atoms with Gasteiger partial charge in [-0.1, -0.05) is 36.4 Å². The number of nitrogens with one attached hydrogen (secondary N) is 1. The molecule has 3 rings (SSSR count). The first-order valence-electron chi connectivity index (χ1n) is 9.40. The molecule has 5 heteroatoms. The monoisotopic (exact) mass is 362 g/mol. The molecule has 1 aliphatic heterocycles. The molecule has 5 nitrogen and oxygen atoms in total. The zero-order valence-corrected chi connectivity index (χ0v) is 16.0. The number of aliphatic imine (C=N–C) groups is 1. The Labute approximate surface area is 161 Å². The molecule has 1 N–H and O–H groups in total. The molecule has 0 amide bonds. The summed E-state index contributed by atoms with van der Waals surface area (Å²) < 4.78 is 6.04. The Hall–Kier alpha value is -2.84. The van der Waals surface area contributed by atoms with Crippen LogP contribution in [0.4, 0.5) is 0 Å². The van der Waals surface area contributed by atoms with Crippen molar-refractivity contribution in [2.75, 3.05) is 26.2 Å². The Kier molecular flexibility index (Phi) is 6.45. The highest BCUT2D eigenvalue weighted by Crippen LogP contribution is 2.25. The lowest BCUT2D eigenvalue weighted by atomic mass is 10.0. The highest BCUT2D eigenvalue weighted by atomic mass is 16.5. The van der Waals surface area contributed by atoms with Crippen molar-refractivity contribution in [1.82, 2.24) is 10.2 Å². The van der Waals surface area contributed by atoms with Crippen molar-refractivity contribution in [3.63, 3.8) is 0 Å². The van der Waals surface area contributed by atoms with Gasteiger partial charge in [0, 0.05) is 13.1 Å². The molecule has 0 spiro atoms. The molecular formula is C22H26N4O. The summed E-state index contributed by atoms with van der Waals surface area (Å²) in [5, 5.41) is 12.5. The van der Waals surface area contributed by atoms with Crippen molar-refractivity contribution < 1.29 is 4.74 Å². The third kappa shape index (κ3) is 4.87. The second-order valence-electron chi connectivity index (χ2n) is 6.64. The van der Waals surface area contributed by atoms with E-state index in [1.54, 1.807) is 0 Å². The minimum Gasteiger partial charge on any atom is -0.370 e. The van der Waals surface area contributed by atoms with Gasteiger partial charge in [0.25, 0.3) is 0 Å². The first-order chi connectivity index (χ1) is 13.2. The van der Waals surface area contributed by atoms with E-state index in [-0.39, 0.29) is 6.10 Å². The number of morpholine rings is 1. The SMILES string of the molecule is CCNC(=NCc1cccc(C#N)c1)N1CCOC(c2ccccc2C)C1. The molecule has 1 aliphatic rings. The Morgan fingerprint density at radius 1 is 1.30 bits per heavy atom. The third-order valence-corrected chi connectivity index (χ3v) is 4.70. The Bertz CT molecular complexity index is 840. The first kappa shape index (κ1) is 18.9. The number of guanidine groups is 1. The van der Waals surface area contributed by atoms with Gasteiger partial charge >= 0.3 is 0 Å². The fourth-order valence-corrected chi connectivity index (χ4v) is 3.31. The maximum absolute atomic E-state index is 9.07. The Balaban J connectivity index is 1.75. The molecule has 27 heavy (non-hydrogen) atoms. The summed E-state index contributed by atoms with van der Waals surface area (Å²) in [5.41, 5.74) is 4.19. The topological polar surface area (TPSA) is 60.7 Å². The first-order valence-corrected chi connectivity index (χ1v) is 9.40. The molecule has 140 valence electrons. The van der Waals surface area contributed by atoms with E-state index in [1.807, 2.05) is 24.3 Å². The van der Waals surface area contributed by atoms with Crippen LogP contribution in [0.3, 0.4) is 0 Å². The fraction of sp³-hybridized carbons (Fsp3) is 0.364. The van der Waals surface area contributed by atoms with Gasteiger partial charge in [0.2, 0.25) is 0 Å². The number of hydrogen-bond acceptors (Lipinski definition) is 3. The number of hydrogen-bond donors (Lipinski definition) is 1. The van der Waals surface area contributed by atoms with Crippen molar-refractivity contribution in [2.24, 2.45) is 4.99 Å². The quantitative estimate of drug-likeness (QED) is 0.669. The smallest absolute Gasteiger partial charge is 0.194 e. The summed E-state index contributed by atoms with van der Waals surface area (Å²) in [5.74, 6) is 0.891. The lowest BCUT2D eigenvalue weighted by molar-refractivity contribution is -0.00834. The molecule has 1 unspecified atom stereocenters. The van der Waals surface area contributed by atoms with Crippen molar-refractivity contribution >= 4 is 5.96 Å². The van der Waals surface area contributed by atoms with Crippen LogP contribution in [0, 0.1) is 18.3 Å². The molecule has 0 aromatic heterocycles. The fourth-order valence-electron chi connectivity index (χ4n) is 3.31. The van der Waals surface area contributed by atoms with Crippen LogP contribution in [0.1, 0.15) is 35.3 Å². The van der Waals surface area contributed by atoms with E-state index in [1.165, 1.54) is 11.1 Å². The number of aryl methyl sites for hydroxylation is 1. The highest BCUT2D eigenvalue weighted by molar-refractivity contribution is 5.80. The van der Waals surface area contributed by atoms with E-state index in [0.717, 1.165) is 31.2 Å². The van der Waals surface area contributed by atoms with Gasteiger partial charge in [0.15, 0.2) is 5.96 Å². The minimum absolute atomic E-state index is 0.0470. The molecular weight excluding hydrogens is 336 g/mol. The average Bonchev–Trinajstić information content (AvgIpc) is 2.71. The van der Waals surface area contributed by atoms with Gasteiger partial charge in [0.1, 0.15) is 6.10 Å². The zero-order valence-electron chi connectivity index (χ0n) is 16.0. The van der Waals surface area contributed by atoms with Crippen molar-refractivity contribution in [3.8, 4) is 6.07 Å². The molecule has 0 aliphatic carbocycles. The molecule has 0 saturated carbocycles. The number of ether oxygens (including phenoxy) is 1. The number of nitriles is 1. The third-order valence-electron chi connectivity index (χ3n) is 4.70. The van der Waals surface area contributed by atoms with Gasteiger partial charge in [-0.2, -0.15) is 5.26 Å². The summed E-state index contributed by atoms with van der Waals surface area (Å²) in [6.07, 6.45) is 0.0470. The molecule has 0 bridgehead atoms. The van der Waals surface area contributed by atoms with Crippen LogP contribution in [0.25, 0.3) is 0 Å². The molecule has 1 atom stereocenters. The van der Waals surface area contributed by atoms with Crippen LogP contribution in [-0.4, -0.2) is 37.1 Å². The van der Waals surface area contributed by atoms with Crippen molar-refractivity contribution in [3.05, 3.63) is 70.8 Å². The van der Waals surface area contributed by atoms with E-state index in [2.05, 4.69) is 54.4 Å². The summed E-state index contributed by atoms with van der Waals surface area (Å²) in [6.45, 7) is 7.81. The average molecular weight is 362 g/mol. The summed E-state index contributed by atoms with van der Waals surface area (Å²) in [6, 6.07) is 18.2. The van der Waals surface area contributed by atoms with Gasteiger partial charge in [0.05, 0.1) is 31.3 Å². The second-order valence-corrected chi connectivity index (χ2v) is 6.64. The minimum atomic E-state index is 0.0470. The van der Waals surface area contributed by atoms with Crippen LogP contribution in [0.5, 0.6) is 0 Å². The molecule has 2 aromatic rings. The molecule has 1 heterocycles. The van der Waals surface area contributed by atoms with Crippen LogP contribution in [0.15, 0.2) is 53.5 Å².